The fourth-order valence-corrected chi connectivity index (χ4v) is 2.08. The number of benzene rings is 1. The van der Waals surface area contributed by atoms with E-state index in [2.05, 4.69) is 31.3 Å². The van der Waals surface area contributed by atoms with Crippen molar-refractivity contribution < 1.29 is 9.90 Å². The molecular formula is C17H27NO2. The molecule has 0 aromatic heterocycles. The molecular weight excluding hydrogens is 250 g/mol. The minimum Gasteiger partial charge on any atom is -0.388 e. The first-order valence-corrected chi connectivity index (χ1v) is 7.28. The van der Waals surface area contributed by atoms with E-state index in [0.29, 0.717) is 13.0 Å². The van der Waals surface area contributed by atoms with E-state index in [1.807, 2.05) is 26.0 Å². The van der Waals surface area contributed by atoms with E-state index in [-0.39, 0.29) is 17.7 Å². The summed E-state index contributed by atoms with van der Waals surface area (Å²) in [6.45, 7) is 10.1. The number of aryl methyl sites for hydroxylation is 1. The SMILES string of the molecule is Cc1ccccc1C(C)CC(=O)NCC(C)(O)C(C)C. The molecule has 2 N–H and O–H groups in total. The van der Waals surface area contributed by atoms with Crippen molar-refractivity contribution in [3.8, 4) is 0 Å². The zero-order chi connectivity index (χ0) is 15.3. The van der Waals surface area contributed by atoms with Crippen molar-refractivity contribution >= 4 is 5.91 Å². The van der Waals surface area contributed by atoms with E-state index in [0.717, 1.165) is 0 Å². The number of rotatable bonds is 6. The van der Waals surface area contributed by atoms with E-state index >= 15 is 0 Å². The van der Waals surface area contributed by atoms with Gasteiger partial charge in [-0.1, -0.05) is 45.0 Å². The van der Waals surface area contributed by atoms with Gasteiger partial charge >= 0.3 is 0 Å². The summed E-state index contributed by atoms with van der Waals surface area (Å²) in [6, 6.07) is 8.14. The Kier molecular flexibility index (Phi) is 5.75. The van der Waals surface area contributed by atoms with Crippen LogP contribution in [0.3, 0.4) is 0 Å². The normalized spacial score (nSPS) is 15.8. The van der Waals surface area contributed by atoms with Crippen LogP contribution < -0.4 is 5.32 Å². The number of hydrogen-bond donors (Lipinski definition) is 2. The molecule has 0 saturated heterocycles. The lowest BCUT2D eigenvalue weighted by Crippen LogP contribution is -2.44. The molecule has 20 heavy (non-hydrogen) atoms. The van der Waals surface area contributed by atoms with Crippen LogP contribution in [0.2, 0.25) is 0 Å². The monoisotopic (exact) mass is 277 g/mol. The first kappa shape index (κ1) is 16.7. The van der Waals surface area contributed by atoms with E-state index in [4.69, 9.17) is 0 Å². The highest BCUT2D eigenvalue weighted by molar-refractivity contribution is 5.77. The van der Waals surface area contributed by atoms with Gasteiger partial charge in [0.05, 0.1) is 5.60 Å². The third-order valence-electron chi connectivity index (χ3n) is 4.10. The smallest absolute Gasteiger partial charge is 0.220 e. The van der Waals surface area contributed by atoms with Gasteiger partial charge in [-0.2, -0.15) is 0 Å². The van der Waals surface area contributed by atoms with Gasteiger partial charge in [0.2, 0.25) is 5.91 Å². The molecule has 1 amide bonds. The van der Waals surface area contributed by atoms with Gasteiger partial charge in [-0.25, -0.2) is 0 Å². The average molecular weight is 277 g/mol. The van der Waals surface area contributed by atoms with E-state index in [9.17, 15) is 9.90 Å². The maximum absolute atomic E-state index is 12.0. The van der Waals surface area contributed by atoms with Crippen molar-refractivity contribution in [2.24, 2.45) is 5.92 Å². The van der Waals surface area contributed by atoms with Gasteiger partial charge in [-0.15, -0.1) is 0 Å². The molecule has 2 unspecified atom stereocenters. The molecule has 3 heteroatoms. The molecule has 0 aliphatic rings. The molecule has 1 aromatic carbocycles. The summed E-state index contributed by atoms with van der Waals surface area (Å²) in [5.74, 6) is 0.276. The van der Waals surface area contributed by atoms with Crippen LogP contribution in [0.4, 0.5) is 0 Å². The molecule has 0 aliphatic carbocycles. The lowest BCUT2D eigenvalue weighted by atomic mass is 9.91. The van der Waals surface area contributed by atoms with Crippen LogP contribution in [0.25, 0.3) is 0 Å². The van der Waals surface area contributed by atoms with Crippen LogP contribution in [0.15, 0.2) is 24.3 Å². The Morgan fingerprint density at radius 1 is 1.30 bits per heavy atom. The van der Waals surface area contributed by atoms with Crippen LogP contribution in [-0.4, -0.2) is 23.2 Å². The van der Waals surface area contributed by atoms with Gasteiger partial charge in [0.25, 0.3) is 0 Å². The molecule has 0 bridgehead atoms. The molecule has 0 saturated carbocycles. The van der Waals surface area contributed by atoms with E-state index < -0.39 is 5.60 Å². The number of nitrogens with one attached hydrogen (secondary N) is 1. The van der Waals surface area contributed by atoms with Crippen molar-refractivity contribution in [1.29, 1.82) is 0 Å². The van der Waals surface area contributed by atoms with Crippen molar-refractivity contribution in [3.63, 3.8) is 0 Å². The van der Waals surface area contributed by atoms with Gasteiger partial charge in [-0.05, 0) is 36.8 Å². The quantitative estimate of drug-likeness (QED) is 0.839. The van der Waals surface area contributed by atoms with E-state index in [1.165, 1.54) is 11.1 Å². The maximum atomic E-state index is 12.0. The molecule has 2 atom stereocenters. The van der Waals surface area contributed by atoms with Crippen LogP contribution in [0.1, 0.15) is 51.2 Å². The highest BCUT2D eigenvalue weighted by Gasteiger charge is 2.25. The second kappa shape index (κ2) is 6.89. The Hall–Kier alpha value is -1.35. The van der Waals surface area contributed by atoms with Crippen molar-refractivity contribution in [1.82, 2.24) is 5.32 Å². The largest absolute Gasteiger partial charge is 0.388 e. The van der Waals surface area contributed by atoms with Gasteiger partial charge in [0, 0.05) is 13.0 Å². The second-order valence-electron chi connectivity index (χ2n) is 6.25. The highest BCUT2D eigenvalue weighted by atomic mass is 16.3. The van der Waals surface area contributed by atoms with Crippen LogP contribution in [-0.2, 0) is 4.79 Å². The summed E-state index contributed by atoms with van der Waals surface area (Å²) in [5.41, 5.74) is 1.56. The number of hydrogen-bond acceptors (Lipinski definition) is 2. The molecule has 1 rings (SSSR count). The fourth-order valence-electron chi connectivity index (χ4n) is 2.08. The van der Waals surface area contributed by atoms with Gasteiger partial charge < -0.3 is 10.4 Å². The van der Waals surface area contributed by atoms with Gasteiger partial charge in [0.1, 0.15) is 0 Å². The Labute approximate surface area is 122 Å². The Morgan fingerprint density at radius 3 is 2.45 bits per heavy atom. The Bertz CT molecular complexity index is 452. The first-order chi connectivity index (χ1) is 9.24. The summed E-state index contributed by atoms with van der Waals surface area (Å²) in [5, 5.41) is 13.0. The molecule has 0 aliphatic heterocycles. The predicted octanol–water partition coefficient (Wildman–Crippen LogP) is 3.01. The summed E-state index contributed by atoms with van der Waals surface area (Å²) in [6.07, 6.45) is 0.443. The fraction of sp³-hybridized carbons (Fsp3) is 0.588. The molecule has 0 radical (unpaired) electrons. The van der Waals surface area contributed by atoms with Crippen LogP contribution in [0, 0.1) is 12.8 Å². The molecule has 3 nitrogen and oxygen atoms in total. The van der Waals surface area contributed by atoms with Gasteiger partial charge in [-0.3, -0.25) is 4.79 Å². The third kappa shape index (κ3) is 4.64. The first-order valence-electron chi connectivity index (χ1n) is 7.28. The number of aliphatic hydroxyl groups is 1. The van der Waals surface area contributed by atoms with E-state index in [1.54, 1.807) is 6.92 Å². The third-order valence-corrected chi connectivity index (χ3v) is 4.10. The number of carbonyl (C=O) groups is 1. The lowest BCUT2D eigenvalue weighted by Gasteiger charge is -2.28. The zero-order valence-corrected chi connectivity index (χ0v) is 13.2. The summed E-state index contributed by atoms with van der Waals surface area (Å²) in [4.78, 5) is 12.0. The summed E-state index contributed by atoms with van der Waals surface area (Å²) in [7, 11) is 0. The van der Waals surface area contributed by atoms with Crippen molar-refractivity contribution in [2.45, 2.75) is 52.6 Å². The maximum Gasteiger partial charge on any atom is 0.220 e. The summed E-state index contributed by atoms with van der Waals surface area (Å²) < 4.78 is 0. The van der Waals surface area contributed by atoms with Crippen molar-refractivity contribution in [3.05, 3.63) is 35.4 Å². The Balaban J connectivity index is 2.53. The lowest BCUT2D eigenvalue weighted by molar-refractivity contribution is -0.123. The number of amides is 1. The topological polar surface area (TPSA) is 49.3 Å². The zero-order valence-electron chi connectivity index (χ0n) is 13.2. The molecule has 0 fully saturated rings. The minimum atomic E-state index is -0.860. The van der Waals surface area contributed by atoms with Crippen LogP contribution >= 0.6 is 0 Å². The standard InChI is InChI=1S/C17H27NO2/c1-12(2)17(5,20)11-18-16(19)10-14(4)15-9-7-6-8-13(15)3/h6-9,12,14,20H,10-11H2,1-5H3,(H,18,19). The molecule has 0 spiro atoms. The molecule has 112 valence electrons. The van der Waals surface area contributed by atoms with Crippen molar-refractivity contribution in [2.75, 3.05) is 6.54 Å². The summed E-state index contributed by atoms with van der Waals surface area (Å²) >= 11 is 0. The minimum absolute atomic E-state index is 0.0123. The highest BCUT2D eigenvalue weighted by Crippen LogP contribution is 2.22. The van der Waals surface area contributed by atoms with Gasteiger partial charge in [0.15, 0.2) is 0 Å². The second-order valence-corrected chi connectivity index (χ2v) is 6.25. The molecule has 1 aromatic rings. The Morgan fingerprint density at radius 2 is 1.90 bits per heavy atom. The predicted molar refractivity (Wildman–Crippen MR) is 82.7 cm³/mol. The number of carbonyl (C=O) groups excluding carboxylic acids is 1. The van der Waals surface area contributed by atoms with Crippen LogP contribution in [0.5, 0.6) is 0 Å². The molecule has 0 heterocycles. The average Bonchev–Trinajstić information content (AvgIpc) is 2.36.